The lowest BCUT2D eigenvalue weighted by Gasteiger charge is -2.30. The molecule has 1 aromatic carbocycles. The Hall–Kier alpha value is -2.32. The van der Waals surface area contributed by atoms with Crippen molar-refractivity contribution in [2.24, 2.45) is 5.92 Å². The van der Waals surface area contributed by atoms with Gasteiger partial charge in [0.15, 0.2) is 0 Å². The van der Waals surface area contributed by atoms with E-state index in [1.165, 1.54) is 22.5 Å². The molecule has 3 heterocycles. The number of benzene rings is 1. The van der Waals surface area contributed by atoms with E-state index >= 15 is 0 Å². The molecule has 1 unspecified atom stereocenters. The van der Waals surface area contributed by atoms with E-state index in [0.29, 0.717) is 38.0 Å². The molecule has 2 aromatic rings. The normalized spacial score (nSPS) is 19.4. The third-order valence-corrected chi connectivity index (χ3v) is 5.95. The highest BCUT2D eigenvalue weighted by Gasteiger charge is 2.39. The molecule has 2 amide bonds. The van der Waals surface area contributed by atoms with Crippen molar-refractivity contribution < 1.29 is 14.3 Å². The molecule has 1 atom stereocenters. The average molecular weight is 386 g/mol. The first kappa shape index (κ1) is 18.1. The molecule has 4 rings (SSSR count). The number of nitrogens with zero attached hydrogens (tertiary/aromatic N) is 4. The van der Waals surface area contributed by atoms with Crippen molar-refractivity contribution in [3.05, 3.63) is 40.4 Å². The summed E-state index contributed by atoms with van der Waals surface area (Å²) >= 11 is 1.35. The fraction of sp³-hybridized carbons (Fsp3) is 0.474. The molecule has 1 fully saturated rings. The number of fused-ring (bicyclic) bond motifs is 1. The van der Waals surface area contributed by atoms with Crippen LogP contribution in [0.5, 0.6) is 0 Å². The van der Waals surface area contributed by atoms with Crippen molar-refractivity contribution in [3.63, 3.8) is 0 Å². The first-order chi connectivity index (χ1) is 13.2. The third kappa shape index (κ3) is 3.72. The zero-order valence-electron chi connectivity index (χ0n) is 15.3. The monoisotopic (exact) mass is 386 g/mol. The summed E-state index contributed by atoms with van der Waals surface area (Å²) < 4.78 is 5.33. The molecule has 0 saturated carbocycles. The molecule has 142 valence electrons. The summed E-state index contributed by atoms with van der Waals surface area (Å²) in [6, 6.07) is 8.23. The Balaban J connectivity index is 1.41. The molecule has 0 radical (unpaired) electrons. The lowest BCUT2D eigenvalue weighted by molar-refractivity contribution is -0.136. The number of rotatable bonds is 5. The summed E-state index contributed by atoms with van der Waals surface area (Å²) in [4.78, 5) is 28.9. The van der Waals surface area contributed by atoms with Crippen LogP contribution in [0.1, 0.15) is 29.5 Å². The lowest BCUT2D eigenvalue weighted by atomic mass is 9.98. The van der Waals surface area contributed by atoms with Gasteiger partial charge >= 0.3 is 0 Å². The maximum atomic E-state index is 13.0. The Labute approximate surface area is 161 Å². The molecule has 0 bridgehead atoms. The van der Waals surface area contributed by atoms with Crippen molar-refractivity contribution >= 4 is 28.3 Å². The highest BCUT2D eigenvalue weighted by atomic mass is 32.1. The number of hydrogen-bond donors (Lipinski definition) is 0. The summed E-state index contributed by atoms with van der Waals surface area (Å²) in [5.74, 6) is -0.328. The highest BCUT2D eigenvalue weighted by molar-refractivity contribution is 7.15. The number of ether oxygens (including phenoxy) is 1. The predicted molar refractivity (Wildman–Crippen MR) is 101 cm³/mol. The summed E-state index contributed by atoms with van der Waals surface area (Å²) in [5.41, 5.74) is 2.50. The molecule has 0 N–H and O–H groups in total. The smallest absolute Gasteiger partial charge is 0.229 e. The Morgan fingerprint density at radius 2 is 2.11 bits per heavy atom. The number of aromatic nitrogens is 2. The summed E-state index contributed by atoms with van der Waals surface area (Å²) in [6.07, 6.45) is 1.10. The fourth-order valence-electron chi connectivity index (χ4n) is 3.60. The lowest BCUT2D eigenvalue weighted by Crippen LogP contribution is -2.40. The van der Waals surface area contributed by atoms with E-state index in [1.54, 1.807) is 4.90 Å². The molecule has 0 aliphatic carbocycles. The largest absolute Gasteiger partial charge is 0.374 e. The molecule has 8 heteroatoms. The second kappa shape index (κ2) is 7.74. The van der Waals surface area contributed by atoms with Crippen LogP contribution < -0.4 is 4.90 Å². The number of carbonyl (C=O) groups is 2. The molecule has 27 heavy (non-hydrogen) atoms. The minimum absolute atomic E-state index is 0.0550. The molecule has 7 nitrogen and oxygen atoms in total. The molecular weight excluding hydrogens is 364 g/mol. The summed E-state index contributed by atoms with van der Waals surface area (Å²) in [7, 11) is 0. The highest BCUT2D eigenvalue weighted by Crippen LogP contribution is 2.30. The van der Waals surface area contributed by atoms with Gasteiger partial charge in [-0.05, 0) is 24.5 Å². The SMILES string of the molecule is CCOCc1nnc(N2CC(C(=O)N3CCc4ccccc4C3)CC2=O)s1. The van der Waals surface area contributed by atoms with E-state index in [4.69, 9.17) is 4.74 Å². The topological polar surface area (TPSA) is 75.6 Å². The Kier molecular flexibility index (Phi) is 5.18. The fourth-order valence-corrected chi connectivity index (χ4v) is 4.40. The summed E-state index contributed by atoms with van der Waals surface area (Å²) in [5, 5.41) is 9.47. The van der Waals surface area contributed by atoms with Gasteiger partial charge in [-0.3, -0.25) is 14.5 Å². The van der Waals surface area contributed by atoms with Crippen molar-refractivity contribution in [2.45, 2.75) is 32.9 Å². The van der Waals surface area contributed by atoms with Crippen molar-refractivity contribution in [3.8, 4) is 0 Å². The van der Waals surface area contributed by atoms with Gasteiger partial charge in [0.1, 0.15) is 11.6 Å². The van der Waals surface area contributed by atoms with Crippen LogP contribution >= 0.6 is 11.3 Å². The quantitative estimate of drug-likeness (QED) is 0.786. The third-order valence-electron chi connectivity index (χ3n) is 5.03. The van der Waals surface area contributed by atoms with Crippen LogP contribution in [0.25, 0.3) is 0 Å². The van der Waals surface area contributed by atoms with Gasteiger partial charge in [-0.25, -0.2) is 0 Å². The Morgan fingerprint density at radius 3 is 2.93 bits per heavy atom. The molecule has 2 aliphatic heterocycles. The van der Waals surface area contributed by atoms with Gasteiger partial charge in [-0.1, -0.05) is 35.6 Å². The minimum atomic E-state index is -0.318. The van der Waals surface area contributed by atoms with Crippen LogP contribution in [-0.2, 0) is 33.9 Å². The van der Waals surface area contributed by atoms with Gasteiger partial charge in [-0.2, -0.15) is 0 Å². The van der Waals surface area contributed by atoms with E-state index in [1.807, 2.05) is 24.0 Å². The van der Waals surface area contributed by atoms with Crippen LogP contribution in [0, 0.1) is 5.92 Å². The van der Waals surface area contributed by atoms with Gasteiger partial charge in [-0.15, -0.1) is 10.2 Å². The van der Waals surface area contributed by atoms with Crippen LogP contribution in [-0.4, -0.2) is 46.6 Å². The van der Waals surface area contributed by atoms with E-state index in [9.17, 15) is 9.59 Å². The summed E-state index contributed by atoms with van der Waals surface area (Å²) in [6.45, 7) is 4.62. The van der Waals surface area contributed by atoms with Crippen LogP contribution in [0.15, 0.2) is 24.3 Å². The first-order valence-electron chi connectivity index (χ1n) is 9.21. The molecule has 2 aliphatic rings. The molecule has 1 saturated heterocycles. The number of amides is 2. The van der Waals surface area contributed by atoms with Crippen molar-refractivity contribution in [1.82, 2.24) is 15.1 Å². The predicted octanol–water partition coefficient (Wildman–Crippen LogP) is 2.01. The number of hydrogen-bond acceptors (Lipinski definition) is 6. The van der Waals surface area contributed by atoms with Gasteiger partial charge in [0.25, 0.3) is 0 Å². The van der Waals surface area contributed by atoms with Crippen molar-refractivity contribution in [2.75, 3.05) is 24.6 Å². The average Bonchev–Trinajstić information content (AvgIpc) is 3.31. The Bertz CT molecular complexity index is 853. The molecule has 0 spiro atoms. The van der Waals surface area contributed by atoms with Gasteiger partial charge in [0.05, 0.1) is 5.92 Å². The zero-order valence-corrected chi connectivity index (χ0v) is 16.1. The van der Waals surface area contributed by atoms with Crippen LogP contribution in [0.4, 0.5) is 5.13 Å². The minimum Gasteiger partial charge on any atom is -0.374 e. The number of anilines is 1. The first-order valence-corrected chi connectivity index (χ1v) is 10.0. The van der Waals surface area contributed by atoms with Crippen LogP contribution in [0.3, 0.4) is 0 Å². The number of carbonyl (C=O) groups excluding carboxylic acids is 2. The Morgan fingerprint density at radius 1 is 1.30 bits per heavy atom. The van der Waals surface area contributed by atoms with Crippen molar-refractivity contribution in [1.29, 1.82) is 0 Å². The van der Waals surface area contributed by atoms with E-state index < -0.39 is 0 Å². The second-order valence-electron chi connectivity index (χ2n) is 6.80. The molecule has 1 aromatic heterocycles. The van der Waals surface area contributed by atoms with Crippen LogP contribution in [0.2, 0.25) is 0 Å². The maximum absolute atomic E-state index is 13.0. The molecular formula is C19H22N4O3S. The second-order valence-corrected chi connectivity index (χ2v) is 7.84. The van der Waals surface area contributed by atoms with Gasteiger partial charge < -0.3 is 9.64 Å². The zero-order chi connectivity index (χ0) is 18.8. The van der Waals surface area contributed by atoms with Gasteiger partial charge in [0, 0.05) is 32.7 Å². The van der Waals surface area contributed by atoms with E-state index in [-0.39, 0.29) is 24.2 Å². The maximum Gasteiger partial charge on any atom is 0.229 e. The van der Waals surface area contributed by atoms with E-state index in [2.05, 4.69) is 22.3 Å². The van der Waals surface area contributed by atoms with Gasteiger partial charge in [0.2, 0.25) is 16.9 Å². The standard InChI is InChI=1S/C19H22N4O3S/c1-2-26-12-16-20-21-19(27-16)23-11-15(9-17(23)24)18(25)22-8-7-13-5-3-4-6-14(13)10-22/h3-6,15H,2,7-12H2,1H3. The van der Waals surface area contributed by atoms with E-state index in [0.717, 1.165) is 11.4 Å².